The molecule has 0 aliphatic heterocycles. The number of halogens is 4. The van der Waals surface area contributed by atoms with Crippen LogP contribution in [0.3, 0.4) is 0 Å². The molecular weight excluding hydrogens is 321 g/mol. The topological polar surface area (TPSA) is 20.2 Å². The van der Waals surface area contributed by atoms with Crippen molar-refractivity contribution >= 4 is 15.9 Å². The van der Waals surface area contributed by atoms with Gasteiger partial charge in [-0.05, 0) is 45.3 Å². The van der Waals surface area contributed by atoms with E-state index in [2.05, 4.69) is 15.9 Å². The van der Waals surface area contributed by atoms with Gasteiger partial charge in [-0.1, -0.05) is 12.1 Å². The first-order chi connectivity index (χ1) is 8.97. The van der Waals surface area contributed by atoms with Crippen molar-refractivity contribution < 1.29 is 18.3 Å². The maximum atomic E-state index is 13.4. The van der Waals surface area contributed by atoms with E-state index in [0.717, 1.165) is 12.1 Å². The molecule has 100 valence electrons. The SMILES string of the molecule is OC(Cc1ccc(F)cc1F)c1ccc(Br)c(F)c1. The molecule has 19 heavy (non-hydrogen) atoms. The maximum Gasteiger partial charge on any atom is 0.137 e. The molecule has 0 saturated heterocycles. The average molecular weight is 331 g/mol. The van der Waals surface area contributed by atoms with Crippen molar-refractivity contribution in [2.75, 3.05) is 0 Å². The number of aliphatic hydroxyl groups excluding tert-OH is 1. The Morgan fingerprint density at radius 2 is 1.74 bits per heavy atom. The highest BCUT2D eigenvalue weighted by molar-refractivity contribution is 9.10. The first-order valence-electron chi connectivity index (χ1n) is 5.54. The van der Waals surface area contributed by atoms with Crippen LogP contribution in [0.5, 0.6) is 0 Å². The summed E-state index contributed by atoms with van der Waals surface area (Å²) in [5, 5.41) is 9.94. The van der Waals surface area contributed by atoms with E-state index >= 15 is 0 Å². The molecule has 1 nitrogen and oxygen atoms in total. The molecule has 0 aliphatic rings. The lowest BCUT2D eigenvalue weighted by atomic mass is 10.0. The van der Waals surface area contributed by atoms with Crippen molar-refractivity contribution in [2.45, 2.75) is 12.5 Å². The molecule has 2 rings (SSSR count). The minimum atomic E-state index is -1.05. The Labute approximate surface area is 116 Å². The Kier molecular flexibility index (Phi) is 4.27. The van der Waals surface area contributed by atoms with Crippen LogP contribution in [0.15, 0.2) is 40.9 Å². The van der Waals surface area contributed by atoms with Crippen LogP contribution in [-0.4, -0.2) is 5.11 Å². The monoisotopic (exact) mass is 330 g/mol. The standard InChI is InChI=1S/C14H10BrF3O/c15-11-4-2-9(5-13(11)18)14(19)6-8-1-3-10(16)7-12(8)17/h1-5,7,14,19H,6H2. The van der Waals surface area contributed by atoms with Gasteiger partial charge in [-0.3, -0.25) is 0 Å². The summed E-state index contributed by atoms with van der Waals surface area (Å²) in [5.41, 5.74) is 0.515. The Morgan fingerprint density at radius 1 is 1.00 bits per heavy atom. The third-order valence-electron chi connectivity index (χ3n) is 2.76. The van der Waals surface area contributed by atoms with Gasteiger partial charge in [-0.2, -0.15) is 0 Å². The van der Waals surface area contributed by atoms with E-state index in [1.165, 1.54) is 18.2 Å². The van der Waals surface area contributed by atoms with Gasteiger partial charge in [0, 0.05) is 12.5 Å². The van der Waals surface area contributed by atoms with Crippen LogP contribution in [0, 0.1) is 17.5 Å². The van der Waals surface area contributed by atoms with E-state index in [9.17, 15) is 18.3 Å². The van der Waals surface area contributed by atoms with Crippen LogP contribution in [-0.2, 0) is 6.42 Å². The Morgan fingerprint density at radius 3 is 2.37 bits per heavy atom. The van der Waals surface area contributed by atoms with Gasteiger partial charge in [0.25, 0.3) is 0 Å². The van der Waals surface area contributed by atoms with Crippen LogP contribution in [0.25, 0.3) is 0 Å². The maximum absolute atomic E-state index is 13.4. The quantitative estimate of drug-likeness (QED) is 0.896. The second-order valence-corrected chi connectivity index (χ2v) is 4.98. The minimum Gasteiger partial charge on any atom is -0.388 e. The Bertz CT molecular complexity index is 601. The third kappa shape index (κ3) is 3.36. The molecule has 0 amide bonds. The van der Waals surface area contributed by atoms with Crippen LogP contribution in [0.2, 0.25) is 0 Å². The van der Waals surface area contributed by atoms with E-state index in [4.69, 9.17) is 0 Å². The number of rotatable bonds is 3. The van der Waals surface area contributed by atoms with Gasteiger partial charge in [0.1, 0.15) is 17.5 Å². The zero-order valence-corrected chi connectivity index (χ0v) is 11.3. The van der Waals surface area contributed by atoms with Crippen molar-refractivity contribution in [2.24, 2.45) is 0 Å². The molecular formula is C14H10BrF3O. The highest BCUT2D eigenvalue weighted by atomic mass is 79.9. The van der Waals surface area contributed by atoms with E-state index in [0.29, 0.717) is 5.56 Å². The van der Waals surface area contributed by atoms with Gasteiger partial charge in [-0.15, -0.1) is 0 Å². The summed E-state index contributed by atoms with van der Waals surface area (Å²) < 4.78 is 39.8. The van der Waals surface area contributed by atoms with Gasteiger partial charge in [0.2, 0.25) is 0 Å². The summed E-state index contributed by atoms with van der Waals surface area (Å²) in [6, 6.07) is 7.32. The van der Waals surface area contributed by atoms with Gasteiger partial charge in [0.15, 0.2) is 0 Å². The summed E-state index contributed by atoms with van der Waals surface area (Å²) >= 11 is 3.01. The van der Waals surface area contributed by atoms with Crippen molar-refractivity contribution in [1.29, 1.82) is 0 Å². The molecule has 0 heterocycles. The van der Waals surface area contributed by atoms with Crippen molar-refractivity contribution in [3.8, 4) is 0 Å². The fraction of sp³-hybridized carbons (Fsp3) is 0.143. The van der Waals surface area contributed by atoms with Gasteiger partial charge in [-0.25, -0.2) is 13.2 Å². The normalized spacial score (nSPS) is 12.5. The minimum absolute atomic E-state index is 0.0484. The average Bonchev–Trinajstić information content (AvgIpc) is 2.36. The zero-order chi connectivity index (χ0) is 14.0. The lowest BCUT2D eigenvalue weighted by Gasteiger charge is -2.12. The third-order valence-corrected chi connectivity index (χ3v) is 3.40. The molecule has 2 aromatic rings. The molecule has 0 saturated carbocycles. The highest BCUT2D eigenvalue weighted by Gasteiger charge is 2.13. The molecule has 1 atom stereocenters. The van der Waals surface area contributed by atoms with Gasteiger partial charge < -0.3 is 5.11 Å². The molecule has 2 aromatic carbocycles. The van der Waals surface area contributed by atoms with Crippen LogP contribution in [0.4, 0.5) is 13.2 Å². The van der Waals surface area contributed by atoms with E-state index in [-0.39, 0.29) is 16.5 Å². The molecule has 0 spiro atoms. The molecule has 0 aliphatic carbocycles. The lowest BCUT2D eigenvalue weighted by molar-refractivity contribution is 0.176. The van der Waals surface area contributed by atoms with Crippen LogP contribution in [0.1, 0.15) is 17.2 Å². The number of hydrogen-bond acceptors (Lipinski definition) is 1. The smallest absolute Gasteiger partial charge is 0.137 e. The second-order valence-electron chi connectivity index (χ2n) is 4.13. The van der Waals surface area contributed by atoms with E-state index in [1.807, 2.05) is 0 Å². The second kappa shape index (κ2) is 5.75. The number of aliphatic hydroxyl groups is 1. The predicted octanol–water partition coefficient (Wildman–Crippen LogP) is 4.14. The van der Waals surface area contributed by atoms with Crippen molar-refractivity contribution in [3.05, 3.63) is 69.4 Å². The Hall–Kier alpha value is -1.33. The van der Waals surface area contributed by atoms with Gasteiger partial charge >= 0.3 is 0 Å². The summed E-state index contributed by atoms with van der Waals surface area (Å²) in [7, 11) is 0. The van der Waals surface area contributed by atoms with E-state index < -0.39 is 23.6 Å². The van der Waals surface area contributed by atoms with Crippen molar-refractivity contribution in [3.63, 3.8) is 0 Å². The number of hydrogen-bond donors (Lipinski definition) is 1. The predicted molar refractivity (Wildman–Crippen MR) is 69.1 cm³/mol. The zero-order valence-electron chi connectivity index (χ0n) is 9.71. The summed E-state index contributed by atoms with van der Waals surface area (Å²) in [4.78, 5) is 0. The molecule has 0 aromatic heterocycles. The summed E-state index contributed by atoms with van der Waals surface area (Å²) in [6.45, 7) is 0. The van der Waals surface area contributed by atoms with E-state index in [1.54, 1.807) is 6.07 Å². The molecule has 1 unspecified atom stereocenters. The molecule has 0 bridgehead atoms. The molecule has 0 fully saturated rings. The van der Waals surface area contributed by atoms with Crippen LogP contribution >= 0.6 is 15.9 Å². The van der Waals surface area contributed by atoms with Gasteiger partial charge in [0.05, 0.1) is 10.6 Å². The largest absolute Gasteiger partial charge is 0.388 e. The van der Waals surface area contributed by atoms with Crippen LogP contribution < -0.4 is 0 Å². The van der Waals surface area contributed by atoms with Crippen molar-refractivity contribution in [1.82, 2.24) is 0 Å². The fourth-order valence-electron chi connectivity index (χ4n) is 1.73. The summed E-state index contributed by atoms with van der Waals surface area (Å²) in [6.07, 6.45) is -1.10. The molecule has 1 N–H and O–H groups in total. The fourth-order valence-corrected chi connectivity index (χ4v) is 1.98. The lowest BCUT2D eigenvalue weighted by Crippen LogP contribution is -2.04. The first-order valence-corrected chi connectivity index (χ1v) is 6.33. The molecule has 5 heteroatoms. The molecule has 0 radical (unpaired) electrons. The Balaban J connectivity index is 2.20. The number of benzene rings is 2. The first kappa shape index (κ1) is 14.1. The highest BCUT2D eigenvalue weighted by Crippen LogP contribution is 2.24. The summed E-state index contributed by atoms with van der Waals surface area (Å²) in [5.74, 6) is -1.90.